The second-order valence-corrected chi connectivity index (χ2v) is 3.87. The lowest BCUT2D eigenvalue weighted by atomic mass is 9.95. The highest BCUT2D eigenvalue weighted by Gasteiger charge is 2.33. The SMILES string of the molecule is CN(C)CC[B]Oc1ccccc1C(F)(F)F. The summed E-state index contributed by atoms with van der Waals surface area (Å²) in [7, 11) is 5.17. The monoisotopic (exact) mass is 244 g/mol. The molecule has 93 valence electrons. The third kappa shape index (κ3) is 4.69. The first-order chi connectivity index (χ1) is 7.91. The summed E-state index contributed by atoms with van der Waals surface area (Å²) < 4.78 is 42.8. The van der Waals surface area contributed by atoms with Gasteiger partial charge in [0.15, 0.2) is 0 Å². The summed E-state index contributed by atoms with van der Waals surface area (Å²) in [6.45, 7) is 0.730. The van der Waals surface area contributed by atoms with E-state index in [0.717, 1.165) is 12.6 Å². The lowest BCUT2D eigenvalue weighted by molar-refractivity contribution is -0.138. The highest BCUT2D eigenvalue weighted by Crippen LogP contribution is 2.35. The fourth-order valence-electron chi connectivity index (χ4n) is 1.26. The first kappa shape index (κ1) is 13.9. The van der Waals surface area contributed by atoms with Gasteiger partial charge in [0.1, 0.15) is 5.75 Å². The zero-order chi connectivity index (χ0) is 12.9. The summed E-state index contributed by atoms with van der Waals surface area (Å²) in [6.07, 6.45) is -3.81. The number of nitrogens with zero attached hydrogens (tertiary/aromatic N) is 1. The van der Waals surface area contributed by atoms with E-state index < -0.39 is 11.7 Å². The van der Waals surface area contributed by atoms with Crippen molar-refractivity contribution in [1.82, 2.24) is 4.90 Å². The van der Waals surface area contributed by atoms with Crippen molar-refractivity contribution >= 4 is 7.48 Å². The molecule has 0 aliphatic carbocycles. The maximum absolute atomic E-state index is 12.6. The molecule has 0 aromatic heterocycles. The van der Waals surface area contributed by atoms with Crippen LogP contribution in [0.2, 0.25) is 6.32 Å². The van der Waals surface area contributed by atoms with Crippen molar-refractivity contribution in [2.45, 2.75) is 12.5 Å². The van der Waals surface area contributed by atoms with Crippen LogP contribution in [0.15, 0.2) is 24.3 Å². The average molecular weight is 244 g/mol. The molecular weight excluding hydrogens is 230 g/mol. The number of rotatable bonds is 5. The van der Waals surface area contributed by atoms with Crippen molar-refractivity contribution in [2.24, 2.45) is 0 Å². The van der Waals surface area contributed by atoms with Gasteiger partial charge in [-0.2, -0.15) is 13.2 Å². The normalized spacial score (nSPS) is 11.6. The number of para-hydroxylation sites is 1. The standard InChI is InChI=1S/C11H14BF3NO/c1-16(2)8-7-12-17-10-6-4-3-5-9(10)11(13,14)15/h3-6H,7-8H2,1-2H3. The topological polar surface area (TPSA) is 12.5 Å². The number of hydrogen-bond donors (Lipinski definition) is 0. The predicted octanol–water partition coefficient (Wildman–Crippen LogP) is 2.68. The molecule has 0 saturated carbocycles. The number of benzene rings is 1. The van der Waals surface area contributed by atoms with Crippen LogP contribution in [0.3, 0.4) is 0 Å². The maximum Gasteiger partial charge on any atom is 0.419 e. The van der Waals surface area contributed by atoms with Crippen LogP contribution < -0.4 is 4.65 Å². The van der Waals surface area contributed by atoms with E-state index in [1.807, 2.05) is 19.0 Å². The Kier molecular flexibility index (Phi) is 4.87. The van der Waals surface area contributed by atoms with Crippen LogP contribution in [-0.2, 0) is 6.18 Å². The Morgan fingerprint density at radius 2 is 1.88 bits per heavy atom. The molecule has 6 heteroatoms. The summed E-state index contributed by atoms with van der Waals surface area (Å²) in [5, 5.41) is 0. The second kappa shape index (κ2) is 5.96. The molecule has 0 amide bonds. The molecule has 1 rings (SSSR count). The van der Waals surface area contributed by atoms with Crippen molar-refractivity contribution in [3.8, 4) is 5.75 Å². The third-order valence-electron chi connectivity index (χ3n) is 2.10. The Bertz CT molecular complexity index is 355. The van der Waals surface area contributed by atoms with Crippen molar-refractivity contribution < 1.29 is 17.8 Å². The summed E-state index contributed by atoms with van der Waals surface area (Å²) in [6, 6.07) is 5.18. The molecular formula is C11H14BF3NO. The van der Waals surface area contributed by atoms with Crippen molar-refractivity contribution in [1.29, 1.82) is 0 Å². The van der Waals surface area contributed by atoms with Crippen LogP contribution in [-0.4, -0.2) is 33.0 Å². The molecule has 0 fully saturated rings. The summed E-state index contributed by atoms with van der Waals surface area (Å²) in [5.41, 5.74) is -0.749. The van der Waals surface area contributed by atoms with Gasteiger partial charge < -0.3 is 9.55 Å². The number of halogens is 3. The molecule has 1 aromatic rings. The van der Waals surface area contributed by atoms with E-state index in [9.17, 15) is 13.2 Å². The van der Waals surface area contributed by atoms with Crippen molar-refractivity contribution in [3.63, 3.8) is 0 Å². The highest BCUT2D eigenvalue weighted by atomic mass is 19.4. The molecule has 0 N–H and O–H groups in total. The van der Waals surface area contributed by atoms with E-state index in [0.29, 0.717) is 6.32 Å². The Morgan fingerprint density at radius 3 is 2.47 bits per heavy atom. The second-order valence-electron chi connectivity index (χ2n) is 3.87. The highest BCUT2D eigenvalue weighted by molar-refractivity contribution is 6.28. The van der Waals surface area contributed by atoms with Crippen LogP contribution in [0.1, 0.15) is 5.56 Å². The van der Waals surface area contributed by atoms with Gasteiger partial charge in [0.2, 0.25) is 0 Å². The van der Waals surface area contributed by atoms with E-state index in [1.165, 1.54) is 25.7 Å². The van der Waals surface area contributed by atoms with Gasteiger partial charge in [0.25, 0.3) is 0 Å². The Hall–Kier alpha value is -1.17. The van der Waals surface area contributed by atoms with Crippen LogP contribution in [0, 0.1) is 0 Å². The molecule has 0 heterocycles. The Labute approximate surface area is 99.6 Å². The van der Waals surface area contributed by atoms with Gasteiger partial charge in [-0.3, -0.25) is 0 Å². The lowest BCUT2D eigenvalue weighted by Gasteiger charge is -2.14. The van der Waals surface area contributed by atoms with Gasteiger partial charge in [-0.15, -0.1) is 0 Å². The first-order valence-corrected chi connectivity index (χ1v) is 5.20. The maximum atomic E-state index is 12.6. The Morgan fingerprint density at radius 1 is 1.24 bits per heavy atom. The molecule has 0 bridgehead atoms. The fraction of sp³-hybridized carbons (Fsp3) is 0.455. The minimum Gasteiger partial charge on any atom is -0.563 e. The average Bonchev–Trinajstić information content (AvgIpc) is 2.23. The summed E-state index contributed by atoms with van der Waals surface area (Å²) >= 11 is 0. The largest absolute Gasteiger partial charge is 0.563 e. The van der Waals surface area contributed by atoms with Crippen LogP contribution in [0.25, 0.3) is 0 Å². The van der Waals surface area contributed by atoms with E-state index in [-0.39, 0.29) is 5.75 Å². The van der Waals surface area contributed by atoms with Gasteiger partial charge in [-0.25, -0.2) is 0 Å². The zero-order valence-electron chi connectivity index (χ0n) is 9.79. The van der Waals surface area contributed by atoms with Crippen LogP contribution in [0.5, 0.6) is 5.75 Å². The minimum absolute atomic E-state index is 0.154. The Balaban J connectivity index is 2.59. The van der Waals surface area contributed by atoms with E-state index in [2.05, 4.69) is 0 Å². The van der Waals surface area contributed by atoms with Crippen molar-refractivity contribution in [2.75, 3.05) is 20.6 Å². The minimum atomic E-state index is -4.38. The van der Waals surface area contributed by atoms with Gasteiger partial charge in [-0.05, 0) is 39.1 Å². The third-order valence-corrected chi connectivity index (χ3v) is 2.10. The molecule has 0 spiro atoms. The molecule has 0 atom stereocenters. The summed E-state index contributed by atoms with van der Waals surface area (Å²) in [5.74, 6) is -0.154. The number of hydrogen-bond acceptors (Lipinski definition) is 2. The van der Waals surface area contributed by atoms with Gasteiger partial charge >= 0.3 is 13.7 Å². The van der Waals surface area contributed by atoms with E-state index >= 15 is 0 Å². The predicted molar refractivity (Wildman–Crippen MR) is 61.2 cm³/mol. The molecule has 2 nitrogen and oxygen atoms in total. The molecule has 0 aliphatic heterocycles. The van der Waals surface area contributed by atoms with Gasteiger partial charge in [0, 0.05) is 0 Å². The molecule has 0 unspecified atom stereocenters. The van der Waals surface area contributed by atoms with E-state index in [4.69, 9.17) is 4.65 Å². The van der Waals surface area contributed by atoms with Crippen LogP contribution >= 0.6 is 0 Å². The zero-order valence-corrected chi connectivity index (χ0v) is 9.79. The van der Waals surface area contributed by atoms with Gasteiger partial charge in [0.05, 0.1) is 5.56 Å². The van der Waals surface area contributed by atoms with Gasteiger partial charge in [-0.1, -0.05) is 12.1 Å². The smallest absolute Gasteiger partial charge is 0.419 e. The lowest BCUT2D eigenvalue weighted by Crippen LogP contribution is -2.17. The quantitative estimate of drug-likeness (QED) is 0.583. The number of alkyl halides is 3. The molecule has 1 aromatic carbocycles. The summed E-state index contributed by atoms with van der Waals surface area (Å²) in [4.78, 5) is 1.93. The molecule has 0 saturated heterocycles. The fourth-order valence-corrected chi connectivity index (χ4v) is 1.26. The first-order valence-electron chi connectivity index (χ1n) is 5.20. The molecule has 1 radical (unpaired) electrons. The molecule has 17 heavy (non-hydrogen) atoms. The molecule has 0 aliphatic rings. The van der Waals surface area contributed by atoms with Crippen LogP contribution in [0.4, 0.5) is 13.2 Å². The van der Waals surface area contributed by atoms with Crippen molar-refractivity contribution in [3.05, 3.63) is 29.8 Å². The van der Waals surface area contributed by atoms with E-state index in [1.54, 1.807) is 0 Å².